The first-order valence-electron chi connectivity index (χ1n) is 8.15. The van der Waals surface area contributed by atoms with E-state index in [4.69, 9.17) is 9.47 Å². The standard InChI is InChI=1S/C18H21N3O2/c1-3-8-19-15(5-1)12-21-10-7-18(14-21)11-16(13-22-18)23-17-6-2-4-9-20-17/h1-6,8-9,16H,7,10-14H2/t16-,18+/m1/s1. The zero-order valence-corrected chi connectivity index (χ0v) is 13.1. The van der Waals surface area contributed by atoms with Gasteiger partial charge >= 0.3 is 0 Å². The van der Waals surface area contributed by atoms with Gasteiger partial charge in [-0.1, -0.05) is 12.1 Å². The van der Waals surface area contributed by atoms with Gasteiger partial charge in [-0.15, -0.1) is 0 Å². The molecule has 5 heteroatoms. The van der Waals surface area contributed by atoms with Crippen molar-refractivity contribution in [1.82, 2.24) is 14.9 Å². The second-order valence-corrected chi connectivity index (χ2v) is 6.39. The van der Waals surface area contributed by atoms with E-state index in [0.29, 0.717) is 12.5 Å². The average Bonchev–Trinajstić information content (AvgIpc) is 3.16. The summed E-state index contributed by atoms with van der Waals surface area (Å²) in [6.07, 6.45) is 5.69. The zero-order chi connectivity index (χ0) is 15.5. The molecule has 0 aromatic carbocycles. The number of hydrogen-bond donors (Lipinski definition) is 0. The van der Waals surface area contributed by atoms with Crippen LogP contribution in [-0.4, -0.2) is 46.3 Å². The first kappa shape index (κ1) is 14.6. The molecule has 1 spiro atoms. The molecule has 2 saturated heterocycles. The van der Waals surface area contributed by atoms with Crippen LogP contribution in [0.15, 0.2) is 48.8 Å². The molecule has 0 unspecified atom stereocenters. The lowest BCUT2D eigenvalue weighted by Gasteiger charge is -2.23. The van der Waals surface area contributed by atoms with Gasteiger partial charge in [0.15, 0.2) is 0 Å². The van der Waals surface area contributed by atoms with E-state index in [-0.39, 0.29) is 11.7 Å². The summed E-state index contributed by atoms with van der Waals surface area (Å²) in [7, 11) is 0. The average molecular weight is 311 g/mol. The van der Waals surface area contributed by atoms with Gasteiger partial charge < -0.3 is 9.47 Å². The zero-order valence-electron chi connectivity index (χ0n) is 13.1. The maximum absolute atomic E-state index is 6.14. The molecule has 2 aromatic rings. The Labute approximate surface area is 136 Å². The van der Waals surface area contributed by atoms with E-state index in [1.807, 2.05) is 36.5 Å². The molecule has 0 bridgehead atoms. The van der Waals surface area contributed by atoms with Crippen LogP contribution in [-0.2, 0) is 11.3 Å². The molecule has 4 heterocycles. The Bertz CT molecular complexity index is 578. The van der Waals surface area contributed by atoms with E-state index in [0.717, 1.165) is 38.2 Å². The fraction of sp³-hybridized carbons (Fsp3) is 0.444. The molecular formula is C18H21N3O2. The number of hydrogen-bond acceptors (Lipinski definition) is 5. The smallest absolute Gasteiger partial charge is 0.213 e. The van der Waals surface area contributed by atoms with Crippen LogP contribution in [0, 0.1) is 0 Å². The van der Waals surface area contributed by atoms with Gasteiger partial charge in [0, 0.05) is 44.5 Å². The number of ether oxygens (including phenoxy) is 2. The summed E-state index contributed by atoms with van der Waals surface area (Å²) in [6, 6.07) is 11.8. The summed E-state index contributed by atoms with van der Waals surface area (Å²) in [4.78, 5) is 11.1. The Balaban J connectivity index is 1.34. The highest BCUT2D eigenvalue weighted by Gasteiger charge is 2.46. The van der Waals surface area contributed by atoms with Crippen molar-refractivity contribution in [1.29, 1.82) is 0 Å². The van der Waals surface area contributed by atoms with Gasteiger partial charge in [-0.2, -0.15) is 0 Å². The normalized spacial score (nSPS) is 27.6. The number of rotatable bonds is 4. The summed E-state index contributed by atoms with van der Waals surface area (Å²) in [5, 5.41) is 0. The summed E-state index contributed by atoms with van der Waals surface area (Å²) < 4.78 is 12.1. The van der Waals surface area contributed by atoms with Gasteiger partial charge in [-0.05, 0) is 24.6 Å². The molecule has 120 valence electrons. The van der Waals surface area contributed by atoms with Gasteiger partial charge in [0.1, 0.15) is 6.10 Å². The molecule has 0 radical (unpaired) electrons. The Morgan fingerprint density at radius 1 is 1.17 bits per heavy atom. The van der Waals surface area contributed by atoms with Crippen molar-refractivity contribution in [2.75, 3.05) is 19.7 Å². The van der Waals surface area contributed by atoms with Crippen molar-refractivity contribution in [3.05, 3.63) is 54.5 Å². The van der Waals surface area contributed by atoms with E-state index in [9.17, 15) is 0 Å². The van der Waals surface area contributed by atoms with Gasteiger partial charge in [-0.3, -0.25) is 9.88 Å². The highest BCUT2D eigenvalue weighted by molar-refractivity contribution is 5.11. The van der Waals surface area contributed by atoms with E-state index in [1.54, 1.807) is 6.20 Å². The Morgan fingerprint density at radius 3 is 2.83 bits per heavy atom. The van der Waals surface area contributed by atoms with Crippen LogP contribution in [0.3, 0.4) is 0 Å². The monoisotopic (exact) mass is 311 g/mol. The van der Waals surface area contributed by atoms with Gasteiger partial charge in [-0.25, -0.2) is 4.98 Å². The predicted molar refractivity (Wildman–Crippen MR) is 86.1 cm³/mol. The van der Waals surface area contributed by atoms with Crippen molar-refractivity contribution in [2.45, 2.75) is 31.1 Å². The Kier molecular flexibility index (Phi) is 3.97. The minimum absolute atomic E-state index is 0.0613. The largest absolute Gasteiger partial charge is 0.472 e. The SMILES string of the molecule is c1ccc(CN2CC[C@]3(C[C@@H](Oc4ccccn4)CO3)C2)nc1. The van der Waals surface area contributed by atoms with Crippen LogP contribution in [0.4, 0.5) is 0 Å². The van der Waals surface area contributed by atoms with Gasteiger partial charge in [0.2, 0.25) is 5.88 Å². The molecule has 0 N–H and O–H groups in total. The highest BCUT2D eigenvalue weighted by Crippen LogP contribution is 2.36. The molecular weight excluding hydrogens is 290 g/mol. The Hall–Kier alpha value is -1.98. The minimum atomic E-state index is -0.0613. The van der Waals surface area contributed by atoms with Crippen LogP contribution in [0.1, 0.15) is 18.5 Å². The van der Waals surface area contributed by atoms with Crippen molar-refractivity contribution >= 4 is 0 Å². The van der Waals surface area contributed by atoms with Crippen LogP contribution in [0.5, 0.6) is 5.88 Å². The van der Waals surface area contributed by atoms with Crippen LogP contribution in [0.2, 0.25) is 0 Å². The number of aromatic nitrogens is 2. The van der Waals surface area contributed by atoms with E-state index >= 15 is 0 Å². The molecule has 5 nitrogen and oxygen atoms in total. The first-order chi connectivity index (χ1) is 11.3. The molecule has 2 aliphatic rings. The molecule has 23 heavy (non-hydrogen) atoms. The third-order valence-electron chi connectivity index (χ3n) is 4.61. The topological polar surface area (TPSA) is 47.5 Å². The first-order valence-corrected chi connectivity index (χ1v) is 8.15. The van der Waals surface area contributed by atoms with Crippen molar-refractivity contribution < 1.29 is 9.47 Å². The van der Waals surface area contributed by atoms with Crippen molar-refractivity contribution in [3.63, 3.8) is 0 Å². The quantitative estimate of drug-likeness (QED) is 0.867. The van der Waals surface area contributed by atoms with Crippen molar-refractivity contribution in [3.8, 4) is 5.88 Å². The molecule has 2 atom stereocenters. The molecule has 2 aliphatic heterocycles. The fourth-order valence-electron chi connectivity index (χ4n) is 3.53. The summed E-state index contributed by atoms with van der Waals surface area (Å²) >= 11 is 0. The molecule has 2 fully saturated rings. The van der Waals surface area contributed by atoms with Gasteiger partial charge in [0.05, 0.1) is 17.9 Å². The number of pyridine rings is 2. The van der Waals surface area contributed by atoms with Crippen LogP contribution in [0.25, 0.3) is 0 Å². The predicted octanol–water partition coefficient (Wildman–Crippen LogP) is 2.29. The maximum Gasteiger partial charge on any atom is 0.213 e. The summed E-state index contributed by atoms with van der Waals surface area (Å²) in [6.45, 7) is 3.53. The molecule has 0 aliphatic carbocycles. The Morgan fingerprint density at radius 2 is 2.04 bits per heavy atom. The van der Waals surface area contributed by atoms with Crippen LogP contribution < -0.4 is 4.74 Å². The lowest BCUT2D eigenvalue weighted by molar-refractivity contribution is 0.00916. The lowest BCUT2D eigenvalue weighted by Crippen LogP contribution is -2.33. The second-order valence-electron chi connectivity index (χ2n) is 6.39. The van der Waals surface area contributed by atoms with E-state index < -0.39 is 0 Å². The highest BCUT2D eigenvalue weighted by atomic mass is 16.6. The molecule has 0 amide bonds. The van der Waals surface area contributed by atoms with Gasteiger partial charge in [0.25, 0.3) is 0 Å². The fourth-order valence-corrected chi connectivity index (χ4v) is 3.53. The van der Waals surface area contributed by atoms with Crippen LogP contribution >= 0.6 is 0 Å². The number of likely N-dealkylation sites (tertiary alicyclic amines) is 1. The lowest BCUT2D eigenvalue weighted by atomic mass is 9.98. The minimum Gasteiger partial charge on any atom is -0.472 e. The maximum atomic E-state index is 6.14. The summed E-state index contributed by atoms with van der Waals surface area (Å²) in [5.41, 5.74) is 1.05. The second kappa shape index (κ2) is 6.26. The summed E-state index contributed by atoms with van der Waals surface area (Å²) in [5.74, 6) is 0.682. The molecule has 4 rings (SSSR count). The molecule has 0 saturated carbocycles. The third kappa shape index (κ3) is 3.35. The molecule has 2 aromatic heterocycles. The van der Waals surface area contributed by atoms with E-state index in [1.165, 1.54) is 0 Å². The van der Waals surface area contributed by atoms with E-state index in [2.05, 4.69) is 20.9 Å². The third-order valence-corrected chi connectivity index (χ3v) is 4.61. The number of nitrogens with zero attached hydrogens (tertiary/aromatic N) is 3. The van der Waals surface area contributed by atoms with Crippen molar-refractivity contribution in [2.24, 2.45) is 0 Å².